The van der Waals surface area contributed by atoms with E-state index < -0.39 is 5.60 Å². The number of hydrogen-bond donors (Lipinski definition) is 1. The van der Waals surface area contributed by atoms with Crippen molar-refractivity contribution in [2.45, 2.75) is 136 Å². The predicted molar refractivity (Wildman–Crippen MR) is 100 cm³/mol. The number of unbranched alkanes of at least 4 members (excludes halogenated alkanes) is 13. The first-order valence-corrected chi connectivity index (χ1v) is 10.3. The Morgan fingerprint density at radius 2 is 0.818 bits per heavy atom. The minimum atomic E-state index is -0.409. The zero-order valence-corrected chi connectivity index (χ0v) is 16.0. The molecule has 1 atom stereocenters. The van der Waals surface area contributed by atoms with Crippen LogP contribution in [0.15, 0.2) is 0 Å². The molecule has 0 spiro atoms. The van der Waals surface area contributed by atoms with Gasteiger partial charge < -0.3 is 5.11 Å². The van der Waals surface area contributed by atoms with Crippen LogP contribution >= 0.6 is 0 Å². The molecule has 1 nitrogen and oxygen atoms in total. The summed E-state index contributed by atoms with van der Waals surface area (Å²) in [7, 11) is 0. The van der Waals surface area contributed by atoms with Gasteiger partial charge >= 0.3 is 0 Å². The lowest BCUT2D eigenvalue weighted by Crippen LogP contribution is -2.23. The quantitative estimate of drug-likeness (QED) is 0.277. The molecular formula is C21H44O. The minimum Gasteiger partial charge on any atom is -0.390 e. The zero-order valence-electron chi connectivity index (χ0n) is 16.0. The van der Waals surface area contributed by atoms with E-state index in [1.807, 2.05) is 6.92 Å². The summed E-state index contributed by atoms with van der Waals surface area (Å²) < 4.78 is 0. The molecule has 22 heavy (non-hydrogen) atoms. The molecule has 0 aromatic carbocycles. The van der Waals surface area contributed by atoms with Gasteiger partial charge in [-0.3, -0.25) is 0 Å². The van der Waals surface area contributed by atoms with Crippen molar-refractivity contribution in [1.82, 2.24) is 0 Å². The summed E-state index contributed by atoms with van der Waals surface area (Å²) in [5, 5.41) is 10.2. The van der Waals surface area contributed by atoms with Crippen molar-refractivity contribution in [2.24, 2.45) is 0 Å². The Hall–Kier alpha value is -0.0400. The lowest BCUT2D eigenvalue weighted by Gasteiger charge is -2.22. The SMILES string of the molecule is CCCCCCCCCCCCCCCC(C)(O)CCCC. The highest BCUT2D eigenvalue weighted by atomic mass is 16.3. The van der Waals surface area contributed by atoms with Crippen LogP contribution in [0.25, 0.3) is 0 Å². The van der Waals surface area contributed by atoms with E-state index in [1.165, 1.54) is 89.9 Å². The van der Waals surface area contributed by atoms with Crippen LogP contribution in [0, 0.1) is 0 Å². The molecule has 0 aliphatic rings. The first-order chi connectivity index (χ1) is 10.6. The first-order valence-electron chi connectivity index (χ1n) is 10.3. The van der Waals surface area contributed by atoms with Crippen molar-refractivity contribution in [3.63, 3.8) is 0 Å². The maximum atomic E-state index is 10.2. The van der Waals surface area contributed by atoms with Crippen molar-refractivity contribution < 1.29 is 5.11 Å². The van der Waals surface area contributed by atoms with E-state index in [0.29, 0.717) is 0 Å². The predicted octanol–water partition coefficient (Wildman–Crippen LogP) is 7.41. The highest BCUT2D eigenvalue weighted by Gasteiger charge is 2.18. The standard InChI is InChI=1S/C21H44O/c1-4-6-8-9-10-11-12-13-14-15-16-17-18-20-21(3,22)19-7-5-2/h22H,4-20H2,1-3H3. The third-order valence-electron chi connectivity index (χ3n) is 4.89. The Morgan fingerprint density at radius 1 is 0.500 bits per heavy atom. The lowest BCUT2D eigenvalue weighted by molar-refractivity contribution is 0.0371. The smallest absolute Gasteiger partial charge is 0.0619 e. The zero-order chi connectivity index (χ0) is 16.5. The van der Waals surface area contributed by atoms with Gasteiger partial charge in [-0.2, -0.15) is 0 Å². The van der Waals surface area contributed by atoms with E-state index in [-0.39, 0.29) is 0 Å². The number of rotatable bonds is 17. The van der Waals surface area contributed by atoms with Crippen LogP contribution in [-0.4, -0.2) is 10.7 Å². The molecule has 0 saturated heterocycles. The van der Waals surface area contributed by atoms with Gasteiger partial charge in [-0.25, -0.2) is 0 Å². The van der Waals surface area contributed by atoms with Gasteiger partial charge in [0.05, 0.1) is 5.60 Å². The van der Waals surface area contributed by atoms with Crippen molar-refractivity contribution in [3.8, 4) is 0 Å². The Kier molecular flexibility index (Phi) is 15.8. The summed E-state index contributed by atoms with van der Waals surface area (Å²) >= 11 is 0. The average molecular weight is 313 g/mol. The molecular weight excluding hydrogens is 268 g/mol. The Morgan fingerprint density at radius 3 is 1.23 bits per heavy atom. The molecule has 1 N–H and O–H groups in total. The summed E-state index contributed by atoms with van der Waals surface area (Å²) in [6.45, 7) is 6.50. The van der Waals surface area contributed by atoms with Crippen LogP contribution in [-0.2, 0) is 0 Å². The molecule has 0 rings (SSSR count). The second-order valence-electron chi connectivity index (χ2n) is 7.59. The van der Waals surface area contributed by atoms with Crippen LogP contribution in [0.4, 0.5) is 0 Å². The van der Waals surface area contributed by atoms with Gasteiger partial charge in [-0.05, 0) is 19.8 Å². The second-order valence-corrected chi connectivity index (χ2v) is 7.59. The lowest BCUT2D eigenvalue weighted by atomic mass is 9.92. The fourth-order valence-electron chi connectivity index (χ4n) is 3.21. The average Bonchev–Trinajstić information content (AvgIpc) is 2.50. The summed E-state index contributed by atoms with van der Waals surface area (Å²) in [6, 6.07) is 0. The van der Waals surface area contributed by atoms with E-state index in [1.54, 1.807) is 0 Å². The minimum absolute atomic E-state index is 0.409. The highest BCUT2D eigenvalue weighted by Crippen LogP contribution is 2.21. The van der Waals surface area contributed by atoms with Gasteiger partial charge in [-0.15, -0.1) is 0 Å². The van der Waals surface area contributed by atoms with Gasteiger partial charge in [0.2, 0.25) is 0 Å². The van der Waals surface area contributed by atoms with Crippen molar-refractivity contribution in [3.05, 3.63) is 0 Å². The van der Waals surface area contributed by atoms with Crippen molar-refractivity contribution in [1.29, 1.82) is 0 Å². The van der Waals surface area contributed by atoms with Crippen LogP contribution in [0.5, 0.6) is 0 Å². The molecule has 0 heterocycles. The molecule has 0 saturated carbocycles. The molecule has 0 radical (unpaired) electrons. The third-order valence-corrected chi connectivity index (χ3v) is 4.89. The molecule has 0 bridgehead atoms. The summed E-state index contributed by atoms with van der Waals surface area (Å²) in [6.07, 6.45) is 22.4. The van der Waals surface area contributed by atoms with Gasteiger partial charge in [0.25, 0.3) is 0 Å². The molecule has 0 amide bonds. The molecule has 0 aliphatic heterocycles. The van der Waals surface area contributed by atoms with Gasteiger partial charge in [0, 0.05) is 0 Å². The van der Waals surface area contributed by atoms with E-state index in [9.17, 15) is 5.11 Å². The van der Waals surface area contributed by atoms with E-state index >= 15 is 0 Å². The van der Waals surface area contributed by atoms with Gasteiger partial charge in [0.15, 0.2) is 0 Å². The van der Waals surface area contributed by atoms with E-state index in [0.717, 1.165) is 19.3 Å². The molecule has 1 unspecified atom stereocenters. The summed E-state index contributed by atoms with van der Waals surface area (Å²) in [5.41, 5.74) is -0.409. The van der Waals surface area contributed by atoms with Crippen LogP contribution in [0.3, 0.4) is 0 Å². The third kappa shape index (κ3) is 16.3. The van der Waals surface area contributed by atoms with E-state index in [4.69, 9.17) is 0 Å². The number of hydrogen-bond acceptors (Lipinski definition) is 1. The molecule has 0 aromatic heterocycles. The maximum absolute atomic E-state index is 10.2. The molecule has 1 heteroatoms. The fourth-order valence-corrected chi connectivity index (χ4v) is 3.21. The highest BCUT2D eigenvalue weighted by molar-refractivity contribution is 4.71. The number of aliphatic hydroxyl groups is 1. The first kappa shape index (κ1) is 22.0. The second kappa shape index (κ2) is 15.8. The molecule has 0 aliphatic carbocycles. The molecule has 134 valence electrons. The maximum Gasteiger partial charge on any atom is 0.0619 e. The normalized spacial score (nSPS) is 14.2. The Labute approximate surface area is 141 Å². The van der Waals surface area contributed by atoms with Gasteiger partial charge in [-0.1, -0.05) is 110 Å². The monoisotopic (exact) mass is 312 g/mol. The van der Waals surface area contributed by atoms with Gasteiger partial charge in [0.1, 0.15) is 0 Å². The molecule has 0 aromatic rings. The molecule has 0 fully saturated rings. The Balaban J connectivity index is 3.17. The van der Waals surface area contributed by atoms with Crippen molar-refractivity contribution >= 4 is 0 Å². The summed E-state index contributed by atoms with van der Waals surface area (Å²) in [4.78, 5) is 0. The topological polar surface area (TPSA) is 20.2 Å². The summed E-state index contributed by atoms with van der Waals surface area (Å²) in [5.74, 6) is 0. The largest absolute Gasteiger partial charge is 0.390 e. The Bertz CT molecular complexity index is 210. The fraction of sp³-hybridized carbons (Fsp3) is 1.00. The van der Waals surface area contributed by atoms with Crippen LogP contribution < -0.4 is 0 Å². The van der Waals surface area contributed by atoms with Crippen LogP contribution in [0.2, 0.25) is 0 Å². The van der Waals surface area contributed by atoms with E-state index in [2.05, 4.69) is 13.8 Å². The van der Waals surface area contributed by atoms with Crippen LogP contribution in [0.1, 0.15) is 130 Å². The van der Waals surface area contributed by atoms with Crippen molar-refractivity contribution in [2.75, 3.05) is 0 Å².